The molecule has 18 heavy (non-hydrogen) atoms. The average molecular weight is 238 g/mol. The maximum atomic E-state index is 5.88. The van der Waals surface area contributed by atoms with Crippen molar-refractivity contribution in [1.82, 2.24) is 4.98 Å². The lowest BCUT2D eigenvalue weighted by Gasteiger charge is -2.13. The Morgan fingerprint density at radius 3 is 2.72 bits per heavy atom. The normalized spacial score (nSPS) is 19.6. The molecule has 0 fully saturated rings. The van der Waals surface area contributed by atoms with Gasteiger partial charge in [0.15, 0.2) is 0 Å². The van der Waals surface area contributed by atoms with Gasteiger partial charge >= 0.3 is 0 Å². The molecule has 0 spiro atoms. The highest BCUT2D eigenvalue weighted by atomic mass is 14.7. The average Bonchev–Trinajstić information content (AvgIpc) is 2.82. The summed E-state index contributed by atoms with van der Waals surface area (Å²) in [4.78, 5) is 4.55. The van der Waals surface area contributed by atoms with E-state index in [1.807, 2.05) is 19.2 Å². The van der Waals surface area contributed by atoms with Gasteiger partial charge in [-0.3, -0.25) is 4.98 Å². The zero-order valence-corrected chi connectivity index (χ0v) is 10.6. The number of nitrogens with two attached hydrogens (primary N) is 1. The Morgan fingerprint density at radius 1 is 1.22 bits per heavy atom. The summed E-state index contributed by atoms with van der Waals surface area (Å²) in [5.74, 6) is 0.461. The standard InChI is InChI=1S/C16H18N2/c1-11(17)12-4-6-13(7-5-12)15-9-8-14-3-2-10-18-16(14)15/h2-7,10-11,15H,8-9,17H2,1H3. The van der Waals surface area contributed by atoms with Gasteiger partial charge in [-0.2, -0.15) is 0 Å². The number of fused-ring (bicyclic) bond motifs is 1. The maximum absolute atomic E-state index is 5.88. The van der Waals surface area contributed by atoms with Crippen molar-refractivity contribution in [3.8, 4) is 0 Å². The largest absolute Gasteiger partial charge is 0.324 e. The van der Waals surface area contributed by atoms with E-state index in [-0.39, 0.29) is 6.04 Å². The molecule has 2 N–H and O–H groups in total. The highest BCUT2D eigenvalue weighted by molar-refractivity contribution is 5.38. The third kappa shape index (κ3) is 1.93. The molecule has 0 amide bonds. The Labute approximate surface area is 108 Å². The van der Waals surface area contributed by atoms with E-state index < -0.39 is 0 Å². The van der Waals surface area contributed by atoms with Gasteiger partial charge in [-0.25, -0.2) is 0 Å². The zero-order chi connectivity index (χ0) is 12.5. The maximum Gasteiger partial charge on any atom is 0.0510 e. The molecule has 1 aromatic heterocycles. The highest BCUT2D eigenvalue weighted by Crippen LogP contribution is 2.36. The monoisotopic (exact) mass is 238 g/mol. The Kier molecular flexibility index (Phi) is 2.88. The van der Waals surface area contributed by atoms with Gasteiger partial charge in [0.1, 0.15) is 0 Å². The summed E-state index contributed by atoms with van der Waals surface area (Å²) in [6, 6.07) is 13.0. The molecule has 2 heteroatoms. The van der Waals surface area contributed by atoms with E-state index in [9.17, 15) is 0 Å². The molecule has 0 radical (unpaired) electrons. The van der Waals surface area contributed by atoms with Gasteiger partial charge in [-0.1, -0.05) is 30.3 Å². The number of hydrogen-bond acceptors (Lipinski definition) is 2. The molecule has 1 aromatic carbocycles. The molecule has 1 aliphatic carbocycles. The second-order valence-corrected chi connectivity index (χ2v) is 5.09. The van der Waals surface area contributed by atoms with Crippen LogP contribution in [0.4, 0.5) is 0 Å². The molecule has 0 aliphatic heterocycles. The number of aryl methyl sites for hydroxylation is 1. The molecule has 0 saturated carbocycles. The lowest BCUT2D eigenvalue weighted by Crippen LogP contribution is -2.05. The summed E-state index contributed by atoms with van der Waals surface area (Å²) in [5.41, 5.74) is 11.1. The summed E-state index contributed by atoms with van der Waals surface area (Å²) in [5, 5.41) is 0. The van der Waals surface area contributed by atoms with E-state index in [0.717, 1.165) is 6.42 Å². The lowest BCUT2D eigenvalue weighted by molar-refractivity contribution is 0.767. The predicted molar refractivity (Wildman–Crippen MR) is 73.4 cm³/mol. The first-order valence-electron chi connectivity index (χ1n) is 6.55. The molecule has 3 rings (SSSR count). The van der Waals surface area contributed by atoms with Crippen LogP contribution in [0.2, 0.25) is 0 Å². The second-order valence-electron chi connectivity index (χ2n) is 5.09. The molecule has 2 nitrogen and oxygen atoms in total. The fraction of sp³-hybridized carbons (Fsp3) is 0.312. The minimum absolute atomic E-state index is 0.105. The minimum atomic E-state index is 0.105. The van der Waals surface area contributed by atoms with E-state index in [0.29, 0.717) is 5.92 Å². The van der Waals surface area contributed by atoms with E-state index >= 15 is 0 Å². The van der Waals surface area contributed by atoms with Crippen molar-refractivity contribution in [2.24, 2.45) is 5.73 Å². The van der Waals surface area contributed by atoms with E-state index in [1.54, 1.807) is 0 Å². The second kappa shape index (κ2) is 4.54. The molecule has 92 valence electrons. The fourth-order valence-electron chi connectivity index (χ4n) is 2.77. The third-order valence-electron chi connectivity index (χ3n) is 3.82. The first-order valence-corrected chi connectivity index (χ1v) is 6.55. The van der Waals surface area contributed by atoms with Gasteiger partial charge in [-0.15, -0.1) is 0 Å². The summed E-state index contributed by atoms with van der Waals surface area (Å²) >= 11 is 0. The van der Waals surface area contributed by atoms with Crippen molar-refractivity contribution >= 4 is 0 Å². The molecular formula is C16H18N2. The Hall–Kier alpha value is -1.67. The van der Waals surface area contributed by atoms with Crippen LogP contribution < -0.4 is 5.73 Å². The van der Waals surface area contributed by atoms with Gasteiger partial charge in [0.25, 0.3) is 0 Å². The van der Waals surface area contributed by atoms with Crippen LogP contribution in [0.1, 0.15) is 47.7 Å². The minimum Gasteiger partial charge on any atom is -0.324 e. The molecule has 2 atom stereocenters. The van der Waals surface area contributed by atoms with Gasteiger partial charge in [0, 0.05) is 18.2 Å². The molecule has 0 bridgehead atoms. The summed E-state index contributed by atoms with van der Waals surface area (Å²) in [7, 11) is 0. The van der Waals surface area contributed by atoms with Crippen molar-refractivity contribution in [2.45, 2.75) is 31.7 Å². The van der Waals surface area contributed by atoms with Crippen LogP contribution in [-0.2, 0) is 6.42 Å². The smallest absolute Gasteiger partial charge is 0.0510 e. The van der Waals surface area contributed by atoms with Crippen molar-refractivity contribution < 1.29 is 0 Å². The summed E-state index contributed by atoms with van der Waals surface area (Å²) in [6.07, 6.45) is 4.21. The Morgan fingerprint density at radius 2 is 2.00 bits per heavy atom. The zero-order valence-electron chi connectivity index (χ0n) is 10.6. The van der Waals surface area contributed by atoms with Crippen molar-refractivity contribution in [1.29, 1.82) is 0 Å². The van der Waals surface area contributed by atoms with Crippen LogP contribution in [0.5, 0.6) is 0 Å². The van der Waals surface area contributed by atoms with Crippen LogP contribution >= 0.6 is 0 Å². The van der Waals surface area contributed by atoms with Crippen molar-refractivity contribution in [3.63, 3.8) is 0 Å². The number of benzene rings is 1. The highest BCUT2D eigenvalue weighted by Gasteiger charge is 2.24. The quantitative estimate of drug-likeness (QED) is 0.872. The number of rotatable bonds is 2. The van der Waals surface area contributed by atoms with E-state index in [1.165, 1.54) is 28.8 Å². The Balaban J connectivity index is 1.93. The van der Waals surface area contributed by atoms with Gasteiger partial charge in [0.05, 0.1) is 5.69 Å². The van der Waals surface area contributed by atoms with Gasteiger partial charge < -0.3 is 5.73 Å². The molecule has 1 heterocycles. The molecule has 2 unspecified atom stereocenters. The van der Waals surface area contributed by atoms with Crippen LogP contribution in [0, 0.1) is 0 Å². The summed E-state index contributed by atoms with van der Waals surface area (Å²) < 4.78 is 0. The SMILES string of the molecule is CC(N)c1ccc(C2CCc3cccnc32)cc1. The fourth-order valence-corrected chi connectivity index (χ4v) is 2.77. The number of aromatic nitrogens is 1. The van der Waals surface area contributed by atoms with Gasteiger partial charge in [0.2, 0.25) is 0 Å². The topological polar surface area (TPSA) is 38.9 Å². The molecule has 0 saturated heterocycles. The van der Waals surface area contributed by atoms with E-state index in [4.69, 9.17) is 5.73 Å². The van der Waals surface area contributed by atoms with Crippen LogP contribution in [0.15, 0.2) is 42.6 Å². The number of hydrogen-bond donors (Lipinski definition) is 1. The predicted octanol–water partition coefficient (Wildman–Crippen LogP) is 3.18. The van der Waals surface area contributed by atoms with Crippen molar-refractivity contribution in [2.75, 3.05) is 0 Å². The first-order chi connectivity index (χ1) is 8.75. The van der Waals surface area contributed by atoms with E-state index in [2.05, 4.69) is 35.3 Å². The van der Waals surface area contributed by atoms with Crippen molar-refractivity contribution in [3.05, 3.63) is 65.0 Å². The third-order valence-corrected chi connectivity index (χ3v) is 3.82. The molecular weight excluding hydrogens is 220 g/mol. The lowest BCUT2D eigenvalue weighted by atomic mass is 9.94. The van der Waals surface area contributed by atoms with Crippen LogP contribution in [0.3, 0.4) is 0 Å². The molecule has 1 aliphatic rings. The number of nitrogens with zero attached hydrogens (tertiary/aromatic N) is 1. The van der Waals surface area contributed by atoms with Crippen LogP contribution in [0.25, 0.3) is 0 Å². The molecule has 2 aromatic rings. The van der Waals surface area contributed by atoms with Crippen LogP contribution in [-0.4, -0.2) is 4.98 Å². The first kappa shape index (κ1) is 11.4. The van der Waals surface area contributed by atoms with Gasteiger partial charge in [-0.05, 0) is 42.5 Å². The summed E-state index contributed by atoms with van der Waals surface area (Å²) in [6.45, 7) is 2.02. The number of pyridine rings is 1. The Bertz CT molecular complexity index is 543.